The predicted octanol–water partition coefficient (Wildman–Crippen LogP) is 5.15. The van der Waals surface area contributed by atoms with Gasteiger partial charge in [0.2, 0.25) is 11.0 Å². The minimum Gasteiger partial charge on any atom is -0.358 e. The number of rotatable bonds is 6. The molecule has 1 aromatic carbocycles. The number of anilines is 2. The minimum absolute atomic E-state index is 0.0585. The molecule has 0 bridgehead atoms. The summed E-state index contributed by atoms with van der Waals surface area (Å²) in [5.41, 5.74) is -1.33. The van der Waals surface area contributed by atoms with E-state index in [4.69, 9.17) is 11.6 Å². The van der Waals surface area contributed by atoms with Crippen LogP contribution < -0.4 is 10.6 Å². The second-order valence-electron chi connectivity index (χ2n) is 5.61. The van der Waals surface area contributed by atoms with E-state index in [1.807, 2.05) is 13.8 Å². The average Bonchev–Trinajstić information content (AvgIpc) is 2.94. The molecule has 26 heavy (non-hydrogen) atoms. The molecule has 0 radical (unpaired) electrons. The lowest BCUT2D eigenvalue weighted by Crippen LogP contribution is -2.24. The molecule has 1 heterocycles. The van der Waals surface area contributed by atoms with Gasteiger partial charge in [0, 0.05) is 11.1 Å². The number of thioether (sulfide) groups is 1. The number of aromatic nitrogens is 2. The Morgan fingerprint density at radius 2 is 1.96 bits per heavy atom. The van der Waals surface area contributed by atoms with E-state index < -0.39 is 22.9 Å². The number of hydrogen-bond acceptors (Lipinski definition) is 6. The number of carbonyl (C=O) groups is 1. The lowest BCUT2D eigenvalue weighted by atomic mass is 10.1. The van der Waals surface area contributed by atoms with Crippen LogP contribution in [0.25, 0.3) is 0 Å². The van der Waals surface area contributed by atoms with Crippen LogP contribution in [0.1, 0.15) is 26.3 Å². The second-order valence-corrected chi connectivity index (χ2v) is 8.61. The standard InChI is InChI=1S/C15H16ClF3N4OS2/c1-7(2)20-13-22-23-14(26-13)25-8(3)12(24)21-11-5-4-9(16)6-10(11)15(17,18)19/h4-8H,1-3H3,(H,20,22)(H,21,24)/t8-/m0/s1. The molecule has 0 saturated carbocycles. The monoisotopic (exact) mass is 424 g/mol. The summed E-state index contributed by atoms with van der Waals surface area (Å²) in [5, 5.41) is 13.2. The van der Waals surface area contributed by atoms with Gasteiger partial charge in [-0.25, -0.2) is 0 Å². The number of nitrogens with one attached hydrogen (secondary N) is 2. The smallest absolute Gasteiger partial charge is 0.358 e. The van der Waals surface area contributed by atoms with Crippen LogP contribution in [0, 0.1) is 0 Å². The van der Waals surface area contributed by atoms with Crippen LogP contribution in [0.3, 0.4) is 0 Å². The fourth-order valence-corrected chi connectivity index (χ4v) is 4.08. The van der Waals surface area contributed by atoms with Crippen molar-refractivity contribution >= 4 is 51.4 Å². The number of alkyl halides is 3. The van der Waals surface area contributed by atoms with Crippen molar-refractivity contribution < 1.29 is 18.0 Å². The van der Waals surface area contributed by atoms with E-state index in [2.05, 4.69) is 20.8 Å². The SMILES string of the molecule is CC(C)Nc1nnc(S[C@@H](C)C(=O)Nc2ccc(Cl)cc2C(F)(F)F)s1. The molecule has 2 aromatic rings. The van der Waals surface area contributed by atoms with Gasteiger partial charge in [-0.3, -0.25) is 4.79 Å². The molecule has 0 aliphatic rings. The number of benzene rings is 1. The highest BCUT2D eigenvalue weighted by molar-refractivity contribution is 8.02. The van der Waals surface area contributed by atoms with E-state index in [9.17, 15) is 18.0 Å². The van der Waals surface area contributed by atoms with Crippen molar-refractivity contribution in [2.24, 2.45) is 0 Å². The zero-order chi connectivity index (χ0) is 19.5. The zero-order valence-electron chi connectivity index (χ0n) is 14.0. The number of halogens is 4. The first kappa shape index (κ1) is 20.8. The summed E-state index contributed by atoms with van der Waals surface area (Å²) >= 11 is 8.03. The zero-order valence-corrected chi connectivity index (χ0v) is 16.4. The van der Waals surface area contributed by atoms with Crippen LogP contribution in [0.4, 0.5) is 24.0 Å². The van der Waals surface area contributed by atoms with Crippen molar-refractivity contribution in [2.75, 3.05) is 10.6 Å². The molecule has 1 aromatic heterocycles. The topological polar surface area (TPSA) is 66.9 Å². The van der Waals surface area contributed by atoms with E-state index in [1.165, 1.54) is 17.4 Å². The molecule has 0 aliphatic heterocycles. The van der Waals surface area contributed by atoms with Crippen molar-refractivity contribution in [3.05, 3.63) is 28.8 Å². The lowest BCUT2D eigenvalue weighted by Gasteiger charge is -2.16. The van der Waals surface area contributed by atoms with Gasteiger partial charge >= 0.3 is 6.18 Å². The van der Waals surface area contributed by atoms with Crippen molar-refractivity contribution in [1.29, 1.82) is 0 Å². The van der Waals surface area contributed by atoms with Gasteiger partial charge in [0.15, 0.2) is 4.34 Å². The van der Waals surface area contributed by atoms with E-state index in [0.717, 1.165) is 23.9 Å². The second kappa shape index (κ2) is 8.45. The Hall–Kier alpha value is -1.52. The normalized spacial score (nSPS) is 12.9. The highest BCUT2D eigenvalue weighted by Gasteiger charge is 2.34. The van der Waals surface area contributed by atoms with Crippen molar-refractivity contribution in [3.8, 4) is 0 Å². The van der Waals surface area contributed by atoms with Gasteiger partial charge in [0.05, 0.1) is 16.5 Å². The number of amides is 1. The van der Waals surface area contributed by atoms with Crippen LogP contribution in [0.15, 0.2) is 22.5 Å². The number of carbonyl (C=O) groups excluding carboxylic acids is 1. The quantitative estimate of drug-likeness (QED) is 0.628. The maximum Gasteiger partial charge on any atom is 0.418 e. The van der Waals surface area contributed by atoms with Gasteiger partial charge in [0.25, 0.3) is 0 Å². The molecular formula is C15H16ClF3N4OS2. The fourth-order valence-electron chi connectivity index (χ4n) is 1.86. The summed E-state index contributed by atoms with van der Waals surface area (Å²) in [5.74, 6) is -0.573. The van der Waals surface area contributed by atoms with Gasteiger partial charge in [-0.1, -0.05) is 34.7 Å². The van der Waals surface area contributed by atoms with E-state index >= 15 is 0 Å². The minimum atomic E-state index is -4.62. The van der Waals surface area contributed by atoms with Crippen molar-refractivity contribution in [3.63, 3.8) is 0 Å². The molecule has 142 valence electrons. The summed E-state index contributed by atoms with van der Waals surface area (Å²) in [7, 11) is 0. The third-order valence-electron chi connectivity index (χ3n) is 3.01. The van der Waals surface area contributed by atoms with Gasteiger partial charge in [0.1, 0.15) is 0 Å². The van der Waals surface area contributed by atoms with Crippen molar-refractivity contribution in [1.82, 2.24) is 10.2 Å². The molecule has 0 unspecified atom stereocenters. The maximum atomic E-state index is 13.1. The molecule has 0 fully saturated rings. The van der Waals surface area contributed by atoms with E-state index in [0.29, 0.717) is 9.47 Å². The summed E-state index contributed by atoms with van der Waals surface area (Å²) in [6.07, 6.45) is -4.62. The maximum absolute atomic E-state index is 13.1. The Morgan fingerprint density at radius 3 is 2.58 bits per heavy atom. The molecule has 0 spiro atoms. The Balaban J connectivity index is 2.07. The molecule has 2 N–H and O–H groups in total. The van der Waals surface area contributed by atoms with Crippen LogP contribution >= 0.6 is 34.7 Å². The molecule has 2 rings (SSSR count). The molecule has 1 amide bonds. The summed E-state index contributed by atoms with van der Waals surface area (Å²) in [6, 6.07) is 3.39. The number of hydrogen-bond donors (Lipinski definition) is 2. The van der Waals surface area contributed by atoms with Crippen LogP contribution in [0.5, 0.6) is 0 Å². The third-order valence-corrected chi connectivity index (χ3v) is 5.28. The Labute approximate surface area is 161 Å². The first-order valence-corrected chi connectivity index (χ1v) is 9.58. The Bertz CT molecular complexity index is 782. The number of nitrogens with zero attached hydrogens (tertiary/aromatic N) is 2. The van der Waals surface area contributed by atoms with Gasteiger partial charge in [-0.05, 0) is 39.0 Å². The predicted molar refractivity (Wildman–Crippen MR) is 99.1 cm³/mol. The molecule has 1 atom stereocenters. The van der Waals surface area contributed by atoms with Gasteiger partial charge < -0.3 is 10.6 Å². The highest BCUT2D eigenvalue weighted by Crippen LogP contribution is 2.37. The summed E-state index contributed by atoms with van der Waals surface area (Å²) in [6.45, 7) is 5.49. The summed E-state index contributed by atoms with van der Waals surface area (Å²) in [4.78, 5) is 12.3. The van der Waals surface area contributed by atoms with E-state index in [1.54, 1.807) is 6.92 Å². The van der Waals surface area contributed by atoms with Crippen LogP contribution in [0.2, 0.25) is 5.02 Å². The Kier molecular flexibility index (Phi) is 6.75. The fraction of sp³-hybridized carbons (Fsp3) is 0.400. The molecule has 5 nitrogen and oxygen atoms in total. The average molecular weight is 425 g/mol. The molecular weight excluding hydrogens is 409 g/mol. The van der Waals surface area contributed by atoms with Crippen molar-refractivity contribution in [2.45, 2.75) is 42.6 Å². The van der Waals surface area contributed by atoms with Crippen LogP contribution in [-0.2, 0) is 11.0 Å². The lowest BCUT2D eigenvalue weighted by molar-refractivity contribution is -0.137. The Morgan fingerprint density at radius 1 is 1.27 bits per heavy atom. The van der Waals surface area contributed by atoms with Gasteiger partial charge in [-0.2, -0.15) is 13.2 Å². The first-order chi connectivity index (χ1) is 12.1. The third kappa shape index (κ3) is 5.75. The summed E-state index contributed by atoms with van der Waals surface area (Å²) < 4.78 is 39.8. The van der Waals surface area contributed by atoms with Crippen LogP contribution in [-0.4, -0.2) is 27.4 Å². The molecule has 11 heteroatoms. The molecule has 0 aliphatic carbocycles. The van der Waals surface area contributed by atoms with E-state index in [-0.39, 0.29) is 16.8 Å². The molecule has 0 saturated heterocycles. The highest BCUT2D eigenvalue weighted by atomic mass is 35.5. The largest absolute Gasteiger partial charge is 0.418 e. The van der Waals surface area contributed by atoms with Gasteiger partial charge in [-0.15, -0.1) is 10.2 Å². The first-order valence-electron chi connectivity index (χ1n) is 7.50.